The summed E-state index contributed by atoms with van der Waals surface area (Å²) in [5.41, 5.74) is 28.4. The molecule has 0 bridgehead atoms. The van der Waals surface area contributed by atoms with Crippen LogP contribution in [-0.2, 0) is 32.5 Å². The van der Waals surface area contributed by atoms with Crippen LogP contribution in [0.2, 0.25) is 0 Å². The molecule has 15 rings (SSSR count). The van der Waals surface area contributed by atoms with Gasteiger partial charge in [0.1, 0.15) is 11.2 Å². The van der Waals surface area contributed by atoms with Gasteiger partial charge < -0.3 is 19.0 Å². The summed E-state index contributed by atoms with van der Waals surface area (Å²) in [5, 5.41) is 3.50. The molecule has 0 unspecified atom stereocenters. The van der Waals surface area contributed by atoms with Crippen molar-refractivity contribution in [3.05, 3.63) is 239 Å². The molecule has 1 aliphatic carbocycles. The predicted molar refractivity (Wildman–Crippen MR) is 394 cm³/mol. The zero-order valence-electron chi connectivity index (χ0n) is 56.3. The number of rotatable bonds is 6. The highest BCUT2D eigenvalue weighted by Gasteiger charge is 2.50. The van der Waals surface area contributed by atoms with Crippen molar-refractivity contribution < 1.29 is 4.42 Å². The number of hydrogen-bond acceptors (Lipinski definition) is 5. The van der Waals surface area contributed by atoms with Crippen LogP contribution in [0.15, 0.2) is 205 Å². The van der Waals surface area contributed by atoms with Gasteiger partial charge in [-0.05, 0) is 185 Å². The van der Waals surface area contributed by atoms with E-state index in [1.165, 1.54) is 104 Å². The average Bonchev–Trinajstić information content (AvgIpc) is 1.64. The van der Waals surface area contributed by atoms with E-state index in [1.54, 1.807) is 0 Å². The van der Waals surface area contributed by atoms with Crippen LogP contribution in [0.4, 0.5) is 45.5 Å². The van der Waals surface area contributed by atoms with Crippen LogP contribution >= 0.6 is 11.3 Å². The van der Waals surface area contributed by atoms with Crippen molar-refractivity contribution in [1.82, 2.24) is 0 Å². The van der Waals surface area contributed by atoms with E-state index >= 15 is 0 Å². The molecular formula is C85H84BN3OS. The summed E-state index contributed by atoms with van der Waals surface area (Å²) >= 11 is 1.96. The Morgan fingerprint density at radius 2 is 0.956 bits per heavy atom. The summed E-state index contributed by atoms with van der Waals surface area (Å²) < 4.78 is 10.0. The van der Waals surface area contributed by atoms with Gasteiger partial charge in [-0.25, -0.2) is 0 Å². The summed E-state index contributed by atoms with van der Waals surface area (Å²) in [5.74, 6) is 0. The average molecular weight is 1210 g/mol. The molecule has 2 aliphatic heterocycles. The van der Waals surface area contributed by atoms with Crippen molar-refractivity contribution in [3.63, 3.8) is 0 Å². The first-order valence-electron chi connectivity index (χ1n) is 32.8. The Morgan fingerprint density at radius 1 is 0.418 bits per heavy atom. The fraction of sp³-hybridized carbons (Fsp3) is 0.271. The summed E-state index contributed by atoms with van der Waals surface area (Å²) in [6.07, 6.45) is 0. The van der Waals surface area contributed by atoms with Gasteiger partial charge in [0.15, 0.2) is 0 Å². The van der Waals surface area contributed by atoms with Gasteiger partial charge in [0.2, 0.25) is 0 Å². The maximum Gasteiger partial charge on any atom is 0.343 e. The first-order chi connectivity index (χ1) is 43.0. The number of para-hydroxylation sites is 1. The SMILES string of the molecule is CC(C)(C)c1ccc(N2B3c4sc5ccc(C(C)(C)C)cc5c4N(c4ccc(C(C)(C)C)cc4-c4ccccc4)c4cc5c(oc6ccccc65)c(c43)-c3cc4c(cc32)C(C)(C)c2cc(N(c3ccc(C(C)(C)C)cc3)c3ccc(C(C)(C)C)cc3)ccc2-4)cc1. The summed E-state index contributed by atoms with van der Waals surface area (Å²) in [6, 6.07) is 77.4. The predicted octanol–water partition coefficient (Wildman–Crippen LogP) is 23.4. The van der Waals surface area contributed by atoms with Gasteiger partial charge in [-0.1, -0.05) is 221 Å². The van der Waals surface area contributed by atoms with Gasteiger partial charge in [-0.3, -0.25) is 0 Å². The van der Waals surface area contributed by atoms with Crippen molar-refractivity contribution in [2.75, 3.05) is 14.6 Å². The van der Waals surface area contributed by atoms with Gasteiger partial charge in [-0.2, -0.15) is 0 Å². The topological polar surface area (TPSA) is 22.9 Å². The minimum atomic E-state index is -0.380. The molecule has 4 nitrogen and oxygen atoms in total. The Hall–Kier alpha value is -8.58. The van der Waals surface area contributed by atoms with Crippen LogP contribution < -0.4 is 24.9 Å². The molecule has 0 radical (unpaired) electrons. The third-order valence-electron chi connectivity index (χ3n) is 20.2. The number of anilines is 8. The molecule has 6 heteroatoms. The maximum atomic E-state index is 7.43. The van der Waals surface area contributed by atoms with Crippen LogP contribution in [-0.4, -0.2) is 6.85 Å². The number of benzene rings is 10. The molecule has 0 fully saturated rings. The van der Waals surface area contributed by atoms with Gasteiger partial charge in [0, 0.05) is 81.9 Å². The van der Waals surface area contributed by atoms with Crippen LogP contribution in [0.25, 0.3) is 65.4 Å². The number of hydrogen-bond donors (Lipinski definition) is 0. The van der Waals surface area contributed by atoms with Crippen molar-refractivity contribution >= 4 is 106 Å². The van der Waals surface area contributed by atoms with E-state index < -0.39 is 0 Å². The minimum Gasteiger partial charge on any atom is -0.455 e. The number of nitrogens with zero attached hydrogens (tertiary/aromatic N) is 3. The third-order valence-corrected chi connectivity index (χ3v) is 21.4. The normalized spacial score (nSPS) is 14.5. The quantitative estimate of drug-likeness (QED) is 0.155. The number of thiophene rings is 1. The van der Waals surface area contributed by atoms with Crippen LogP contribution in [0.3, 0.4) is 0 Å². The Kier molecular flexibility index (Phi) is 13.1. The van der Waals surface area contributed by atoms with Crippen molar-refractivity contribution in [2.45, 2.75) is 150 Å². The zero-order valence-corrected chi connectivity index (χ0v) is 57.1. The second-order valence-electron chi connectivity index (χ2n) is 31.9. The molecule has 454 valence electrons. The lowest BCUT2D eigenvalue weighted by Crippen LogP contribution is -2.60. The molecule has 0 amide bonds. The lowest BCUT2D eigenvalue weighted by atomic mass is 9.46. The van der Waals surface area contributed by atoms with E-state index in [4.69, 9.17) is 4.42 Å². The van der Waals surface area contributed by atoms with Crippen LogP contribution in [0, 0.1) is 0 Å². The molecular weight excluding hydrogens is 1120 g/mol. The van der Waals surface area contributed by atoms with E-state index in [9.17, 15) is 0 Å². The molecule has 10 aromatic carbocycles. The highest BCUT2D eigenvalue weighted by atomic mass is 32.1. The lowest BCUT2D eigenvalue weighted by Gasteiger charge is -2.45. The third kappa shape index (κ3) is 9.43. The van der Waals surface area contributed by atoms with E-state index in [0.29, 0.717) is 0 Å². The molecule has 12 aromatic rings. The van der Waals surface area contributed by atoms with Crippen LogP contribution in [0.1, 0.15) is 157 Å². The molecule has 0 saturated carbocycles. The maximum absolute atomic E-state index is 7.43. The fourth-order valence-electron chi connectivity index (χ4n) is 14.9. The molecule has 4 heterocycles. The van der Waals surface area contributed by atoms with Crippen molar-refractivity contribution in [3.8, 4) is 33.4 Å². The molecule has 0 N–H and O–H groups in total. The molecule has 2 aromatic heterocycles. The first-order valence-corrected chi connectivity index (χ1v) is 33.7. The van der Waals surface area contributed by atoms with E-state index in [2.05, 4.69) is 333 Å². The zero-order chi connectivity index (χ0) is 63.8. The second kappa shape index (κ2) is 20.2. The molecule has 91 heavy (non-hydrogen) atoms. The summed E-state index contributed by atoms with van der Waals surface area (Å²) in [4.78, 5) is 7.87. The molecule has 0 spiro atoms. The van der Waals surface area contributed by atoms with Gasteiger partial charge in [0.25, 0.3) is 0 Å². The lowest BCUT2D eigenvalue weighted by molar-refractivity contribution is 0.590. The first kappa shape index (κ1) is 58.8. The Labute approximate surface area is 544 Å². The molecule has 0 saturated heterocycles. The summed E-state index contributed by atoms with van der Waals surface area (Å²) in [6.45, 7) is 39.4. The number of fused-ring (bicyclic) bond motifs is 13. The second-order valence-corrected chi connectivity index (χ2v) is 33.0. The van der Waals surface area contributed by atoms with Gasteiger partial charge >= 0.3 is 6.85 Å². The minimum absolute atomic E-state index is 0.0295. The van der Waals surface area contributed by atoms with E-state index in [1.807, 2.05) is 11.3 Å². The summed E-state index contributed by atoms with van der Waals surface area (Å²) in [7, 11) is 0. The monoisotopic (exact) mass is 1210 g/mol. The van der Waals surface area contributed by atoms with Gasteiger partial charge in [0.05, 0.1) is 11.4 Å². The Bertz CT molecular complexity index is 4850. The van der Waals surface area contributed by atoms with Crippen LogP contribution in [0.5, 0.6) is 0 Å². The molecule has 3 aliphatic rings. The Balaban J connectivity index is 1.03. The largest absolute Gasteiger partial charge is 0.455 e. The van der Waals surface area contributed by atoms with Crippen molar-refractivity contribution in [2.24, 2.45) is 0 Å². The Morgan fingerprint density at radius 3 is 1.57 bits per heavy atom. The van der Waals surface area contributed by atoms with E-state index in [0.717, 1.165) is 55.9 Å². The van der Waals surface area contributed by atoms with E-state index in [-0.39, 0.29) is 39.3 Å². The number of furan rings is 1. The standard InChI is InChI=1S/C85H84BN3OS/c1-80(2,3)52-27-35-57(36-28-52)87(58-37-29-53(30-38-58)81(4,5)6)60-41-42-61-64-48-66-71(50-69(64)85(16,17)68(61)47-60)89(59-39-31-54(32-40-59)82(7,8)9)86-76-72(49-65-62-25-21-22-26-73(62)90-78(65)75(66)76)88(77-67-46-56(84(13,14)15)34-44-74(67)91-79(77)86)70-43-33-55(83(10,11)12)45-63(70)51-23-19-18-20-24-51/h18-50H,1-17H3. The van der Waals surface area contributed by atoms with Crippen molar-refractivity contribution in [1.29, 1.82) is 0 Å². The molecule has 0 atom stereocenters. The highest BCUT2D eigenvalue weighted by molar-refractivity contribution is 7.32. The fourth-order valence-corrected chi connectivity index (χ4v) is 16.2. The smallest absolute Gasteiger partial charge is 0.343 e. The highest BCUT2D eigenvalue weighted by Crippen LogP contribution is 2.59. The van der Waals surface area contributed by atoms with Gasteiger partial charge in [-0.15, -0.1) is 11.3 Å².